The van der Waals surface area contributed by atoms with E-state index in [1.165, 1.54) is 23.1 Å². The van der Waals surface area contributed by atoms with Gasteiger partial charge in [-0.1, -0.05) is 28.3 Å². The molecule has 150 valence electrons. The first-order valence-electron chi connectivity index (χ1n) is 8.79. The molecule has 3 aromatic rings. The van der Waals surface area contributed by atoms with Crippen LogP contribution in [0.15, 0.2) is 39.2 Å². The molecular formula is C18H17N5O4S2. The van der Waals surface area contributed by atoms with Crippen LogP contribution in [-0.2, 0) is 4.79 Å². The highest BCUT2D eigenvalue weighted by Crippen LogP contribution is 2.40. The molecule has 2 aromatic heterocycles. The normalized spacial score (nSPS) is 13.1. The van der Waals surface area contributed by atoms with Crippen molar-refractivity contribution in [3.8, 4) is 5.75 Å². The molecular weight excluding hydrogens is 414 g/mol. The molecule has 1 fully saturated rings. The molecule has 2 N–H and O–H groups in total. The van der Waals surface area contributed by atoms with Crippen molar-refractivity contribution in [1.82, 2.24) is 15.4 Å². The molecule has 1 saturated carbocycles. The lowest BCUT2D eigenvalue weighted by Gasteiger charge is -2.05. The largest absolute Gasteiger partial charge is 0.497 e. The van der Waals surface area contributed by atoms with E-state index < -0.39 is 5.91 Å². The van der Waals surface area contributed by atoms with Gasteiger partial charge in [-0.05, 0) is 37.1 Å². The maximum Gasteiger partial charge on any atom is 0.279 e. The molecule has 0 unspecified atom stereocenters. The lowest BCUT2D eigenvalue weighted by molar-refractivity contribution is -0.113. The summed E-state index contributed by atoms with van der Waals surface area (Å²) in [6.07, 6.45) is 2.14. The predicted molar refractivity (Wildman–Crippen MR) is 109 cm³/mol. The number of aromatic nitrogens is 3. The van der Waals surface area contributed by atoms with E-state index in [-0.39, 0.29) is 17.4 Å². The first-order chi connectivity index (χ1) is 14.1. The molecule has 29 heavy (non-hydrogen) atoms. The molecule has 2 heterocycles. The number of carbonyl (C=O) groups is 2. The van der Waals surface area contributed by atoms with Crippen molar-refractivity contribution in [3.63, 3.8) is 0 Å². The number of hydrogen-bond donors (Lipinski definition) is 2. The first-order valence-corrected chi connectivity index (χ1v) is 10.6. The standard InChI is InChI=1S/C18H17N5O4S2/c1-26-12-6-4-11(5-7-12)19-15(24)9-28-18-22-21-17(29-18)20-16(25)13-8-14(27-23-13)10-2-3-10/h4-8,10H,2-3,9H2,1H3,(H,19,24)(H,20,21,25). The van der Waals surface area contributed by atoms with Gasteiger partial charge in [0.2, 0.25) is 11.0 Å². The Hall–Kier alpha value is -2.92. The minimum atomic E-state index is -0.398. The summed E-state index contributed by atoms with van der Waals surface area (Å²) >= 11 is 2.43. The van der Waals surface area contributed by atoms with E-state index in [2.05, 4.69) is 26.0 Å². The summed E-state index contributed by atoms with van der Waals surface area (Å²) in [6.45, 7) is 0. The molecule has 1 aromatic carbocycles. The zero-order valence-corrected chi connectivity index (χ0v) is 17.0. The van der Waals surface area contributed by atoms with Gasteiger partial charge in [0, 0.05) is 17.7 Å². The Labute approximate surface area is 174 Å². The van der Waals surface area contributed by atoms with Gasteiger partial charge < -0.3 is 14.6 Å². The number of nitrogens with zero attached hydrogens (tertiary/aromatic N) is 3. The molecule has 9 nitrogen and oxygen atoms in total. The van der Waals surface area contributed by atoms with Crippen molar-refractivity contribution in [2.75, 3.05) is 23.5 Å². The smallest absolute Gasteiger partial charge is 0.279 e. The van der Waals surface area contributed by atoms with Crippen LogP contribution < -0.4 is 15.4 Å². The van der Waals surface area contributed by atoms with Crippen LogP contribution in [0.3, 0.4) is 0 Å². The van der Waals surface area contributed by atoms with E-state index in [4.69, 9.17) is 9.26 Å². The van der Waals surface area contributed by atoms with Crippen molar-refractivity contribution in [2.45, 2.75) is 23.1 Å². The van der Waals surface area contributed by atoms with Crippen LogP contribution in [0.4, 0.5) is 10.8 Å². The zero-order chi connectivity index (χ0) is 20.2. The highest BCUT2D eigenvalue weighted by Gasteiger charge is 2.29. The summed E-state index contributed by atoms with van der Waals surface area (Å²) in [4.78, 5) is 24.3. The summed E-state index contributed by atoms with van der Waals surface area (Å²) in [7, 11) is 1.58. The SMILES string of the molecule is COc1ccc(NC(=O)CSc2nnc(NC(=O)c3cc(C4CC4)on3)s2)cc1. The van der Waals surface area contributed by atoms with Crippen molar-refractivity contribution in [1.29, 1.82) is 0 Å². The number of thioether (sulfide) groups is 1. The Morgan fingerprint density at radius 1 is 1.24 bits per heavy atom. The summed E-state index contributed by atoms with van der Waals surface area (Å²) < 4.78 is 10.8. The summed E-state index contributed by atoms with van der Waals surface area (Å²) in [6, 6.07) is 8.72. The van der Waals surface area contributed by atoms with Gasteiger partial charge in [-0.2, -0.15) is 0 Å². The minimum absolute atomic E-state index is 0.169. The third-order valence-electron chi connectivity index (χ3n) is 4.07. The van der Waals surface area contributed by atoms with E-state index in [9.17, 15) is 9.59 Å². The van der Waals surface area contributed by atoms with Crippen molar-refractivity contribution in [3.05, 3.63) is 41.8 Å². The van der Waals surface area contributed by atoms with Crippen LogP contribution >= 0.6 is 23.1 Å². The number of anilines is 2. The molecule has 0 bridgehead atoms. The molecule has 4 rings (SSSR count). The van der Waals surface area contributed by atoms with E-state index in [1.54, 1.807) is 37.4 Å². The monoisotopic (exact) mass is 431 g/mol. The van der Waals surface area contributed by atoms with E-state index in [1.807, 2.05) is 0 Å². The van der Waals surface area contributed by atoms with Crippen molar-refractivity contribution in [2.24, 2.45) is 0 Å². The lowest BCUT2D eigenvalue weighted by Crippen LogP contribution is -2.13. The Kier molecular flexibility index (Phi) is 5.76. The molecule has 11 heteroatoms. The fourth-order valence-electron chi connectivity index (χ4n) is 2.44. The number of carbonyl (C=O) groups excluding carboxylic acids is 2. The topological polar surface area (TPSA) is 119 Å². The van der Waals surface area contributed by atoms with Crippen LogP contribution in [0.1, 0.15) is 35.0 Å². The molecule has 0 saturated heterocycles. The molecule has 0 spiro atoms. The molecule has 0 atom stereocenters. The maximum atomic E-state index is 12.2. The number of hydrogen-bond acceptors (Lipinski definition) is 9. The van der Waals surface area contributed by atoms with E-state index in [0.717, 1.165) is 24.4 Å². The van der Waals surface area contributed by atoms with Crippen LogP contribution in [0.5, 0.6) is 5.75 Å². The van der Waals surface area contributed by atoms with Crippen LogP contribution in [-0.4, -0.2) is 40.0 Å². The Bertz CT molecular complexity index is 1010. The minimum Gasteiger partial charge on any atom is -0.497 e. The average Bonchev–Trinajstić information content (AvgIpc) is 3.28. The Morgan fingerprint density at radius 3 is 2.76 bits per heavy atom. The second kappa shape index (κ2) is 8.62. The summed E-state index contributed by atoms with van der Waals surface area (Å²) in [5.41, 5.74) is 0.898. The number of ether oxygens (including phenoxy) is 1. The van der Waals surface area contributed by atoms with Gasteiger partial charge in [0.05, 0.1) is 12.9 Å². The third-order valence-corrected chi connectivity index (χ3v) is 6.04. The van der Waals surface area contributed by atoms with Gasteiger partial charge in [-0.3, -0.25) is 14.9 Å². The van der Waals surface area contributed by atoms with Crippen LogP contribution in [0, 0.1) is 0 Å². The number of methoxy groups -OCH3 is 1. The fourth-order valence-corrected chi connectivity index (χ4v) is 3.98. The Balaban J connectivity index is 1.25. The molecule has 1 aliphatic carbocycles. The van der Waals surface area contributed by atoms with Crippen molar-refractivity contribution >= 4 is 45.7 Å². The predicted octanol–water partition coefficient (Wildman–Crippen LogP) is 3.40. The quantitative estimate of drug-likeness (QED) is 0.411. The van der Waals surface area contributed by atoms with Gasteiger partial charge in [-0.15, -0.1) is 10.2 Å². The first kappa shape index (κ1) is 19.4. The van der Waals surface area contributed by atoms with Gasteiger partial charge in [0.25, 0.3) is 5.91 Å². The highest BCUT2D eigenvalue weighted by molar-refractivity contribution is 8.01. The van der Waals surface area contributed by atoms with E-state index >= 15 is 0 Å². The number of nitrogens with one attached hydrogen (secondary N) is 2. The summed E-state index contributed by atoms with van der Waals surface area (Å²) in [5.74, 6) is 1.45. The molecule has 0 aliphatic heterocycles. The van der Waals surface area contributed by atoms with E-state index in [0.29, 0.717) is 21.1 Å². The second-order valence-corrected chi connectivity index (χ2v) is 8.48. The van der Waals surface area contributed by atoms with Crippen LogP contribution in [0.2, 0.25) is 0 Å². The van der Waals surface area contributed by atoms with Crippen molar-refractivity contribution < 1.29 is 18.8 Å². The average molecular weight is 431 g/mol. The summed E-state index contributed by atoms with van der Waals surface area (Å²) in [5, 5.41) is 17.5. The number of benzene rings is 1. The second-order valence-electron chi connectivity index (χ2n) is 6.28. The van der Waals surface area contributed by atoms with Gasteiger partial charge in [0.1, 0.15) is 11.5 Å². The van der Waals surface area contributed by atoms with Gasteiger partial charge >= 0.3 is 0 Å². The van der Waals surface area contributed by atoms with Crippen LogP contribution in [0.25, 0.3) is 0 Å². The van der Waals surface area contributed by atoms with Gasteiger partial charge in [-0.25, -0.2) is 0 Å². The lowest BCUT2D eigenvalue weighted by atomic mass is 10.3. The molecule has 0 radical (unpaired) electrons. The number of rotatable bonds is 8. The fraction of sp³-hybridized carbons (Fsp3) is 0.278. The molecule has 1 aliphatic rings. The zero-order valence-electron chi connectivity index (χ0n) is 15.4. The maximum absolute atomic E-state index is 12.2. The van der Waals surface area contributed by atoms with Gasteiger partial charge in [0.15, 0.2) is 10.0 Å². The molecule has 2 amide bonds. The highest BCUT2D eigenvalue weighted by atomic mass is 32.2. The third kappa shape index (κ3) is 5.12. The Morgan fingerprint density at radius 2 is 2.03 bits per heavy atom. The number of amides is 2.